The van der Waals surface area contributed by atoms with Crippen LogP contribution >= 0.6 is 23.2 Å². The summed E-state index contributed by atoms with van der Waals surface area (Å²) in [6.07, 6.45) is 1.58. The van der Waals surface area contributed by atoms with E-state index in [1.807, 2.05) is 0 Å². The highest BCUT2D eigenvalue weighted by atomic mass is 35.5. The Bertz CT molecular complexity index is 944. The van der Waals surface area contributed by atoms with E-state index < -0.39 is 0 Å². The van der Waals surface area contributed by atoms with Crippen molar-refractivity contribution in [3.8, 4) is 11.3 Å². The topological polar surface area (TPSA) is 58.4 Å². The van der Waals surface area contributed by atoms with Crippen LogP contribution in [0.25, 0.3) is 11.3 Å². The second-order valence-corrected chi connectivity index (χ2v) is 6.79. The van der Waals surface area contributed by atoms with Crippen LogP contribution in [0.3, 0.4) is 0 Å². The van der Waals surface area contributed by atoms with Gasteiger partial charge >= 0.3 is 0 Å². The van der Waals surface area contributed by atoms with Gasteiger partial charge in [-0.25, -0.2) is 9.37 Å². The minimum Gasteiger partial charge on any atom is -0.439 e. The molecule has 140 valence electrons. The summed E-state index contributed by atoms with van der Waals surface area (Å²) in [5, 5.41) is 3.55. The highest BCUT2D eigenvalue weighted by Crippen LogP contribution is 2.25. The molecule has 0 atom stereocenters. The SMILES string of the molecule is CN(CC(=O)Nc1ccc(Cl)c(Cl)c1)Cc1ncc(-c2ccc(F)cc2)o1. The lowest BCUT2D eigenvalue weighted by molar-refractivity contribution is -0.117. The number of rotatable bonds is 6. The molecule has 0 saturated heterocycles. The Morgan fingerprint density at radius 3 is 2.63 bits per heavy atom. The molecule has 0 fully saturated rings. The zero-order valence-corrected chi connectivity index (χ0v) is 15.9. The molecule has 0 aliphatic carbocycles. The maximum atomic E-state index is 13.0. The summed E-state index contributed by atoms with van der Waals surface area (Å²) in [5.74, 6) is 0.477. The second kappa shape index (κ2) is 8.52. The third kappa shape index (κ3) is 5.29. The van der Waals surface area contributed by atoms with E-state index >= 15 is 0 Å². The van der Waals surface area contributed by atoms with Crippen LogP contribution in [0.2, 0.25) is 10.0 Å². The summed E-state index contributed by atoms with van der Waals surface area (Å²) >= 11 is 11.8. The predicted octanol–water partition coefficient (Wildman–Crippen LogP) is 4.86. The normalized spacial score (nSPS) is 11.0. The Kier molecular flexibility index (Phi) is 6.11. The first-order valence-electron chi connectivity index (χ1n) is 8.05. The van der Waals surface area contributed by atoms with Gasteiger partial charge in [0.2, 0.25) is 11.8 Å². The number of carbonyl (C=O) groups is 1. The van der Waals surface area contributed by atoms with Gasteiger partial charge in [0, 0.05) is 11.3 Å². The Balaban J connectivity index is 1.55. The molecule has 1 heterocycles. The number of nitrogens with zero attached hydrogens (tertiary/aromatic N) is 2. The maximum absolute atomic E-state index is 13.0. The van der Waals surface area contributed by atoms with Gasteiger partial charge in [-0.05, 0) is 49.5 Å². The lowest BCUT2D eigenvalue weighted by Crippen LogP contribution is -2.29. The summed E-state index contributed by atoms with van der Waals surface area (Å²) in [4.78, 5) is 18.1. The number of hydrogen-bond acceptors (Lipinski definition) is 4. The van der Waals surface area contributed by atoms with Crippen molar-refractivity contribution in [3.05, 3.63) is 70.4 Å². The van der Waals surface area contributed by atoms with Crippen molar-refractivity contribution in [3.63, 3.8) is 0 Å². The van der Waals surface area contributed by atoms with Gasteiger partial charge in [-0.1, -0.05) is 23.2 Å². The molecule has 0 spiro atoms. The standard InChI is InChI=1S/C19H16Cl2FN3O2/c1-25(10-18(26)24-14-6-7-15(20)16(21)8-14)11-19-23-9-17(27-19)12-2-4-13(22)5-3-12/h2-9H,10-11H2,1H3,(H,24,26). The van der Waals surface area contributed by atoms with Crippen molar-refractivity contribution in [1.82, 2.24) is 9.88 Å². The van der Waals surface area contributed by atoms with Gasteiger partial charge in [-0.15, -0.1) is 0 Å². The number of carbonyl (C=O) groups excluding carboxylic acids is 1. The van der Waals surface area contributed by atoms with Gasteiger partial charge in [-0.3, -0.25) is 9.69 Å². The van der Waals surface area contributed by atoms with Crippen molar-refractivity contribution in [2.75, 3.05) is 18.9 Å². The molecule has 3 aromatic rings. The highest BCUT2D eigenvalue weighted by molar-refractivity contribution is 6.42. The fraction of sp³-hybridized carbons (Fsp3) is 0.158. The van der Waals surface area contributed by atoms with Crippen LogP contribution in [-0.4, -0.2) is 29.4 Å². The summed E-state index contributed by atoms with van der Waals surface area (Å²) < 4.78 is 18.7. The van der Waals surface area contributed by atoms with E-state index in [0.717, 1.165) is 5.56 Å². The van der Waals surface area contributed by atoms with E-state index in [4.69, 9.17) is 27.6 Å². The Morgan fingerprint density at radius 2 is 1.93 bits per heavy atom. The number of oxazole rings is 1. The zero-order chi connectivity index (χ0) is 19.4. The quantitative estimate of drug-likeness (QED) is 0.633. The van der Waals surface area contributed by atoms with Crippen LogP contribution in [-0.2, 0) is 11.3 Å². The molecule has 0 aliphatic rings. The first-order valence-corrected chi connectivity index (χ1v) is 8.80. The van der Waals surface area contributed by atoms with Crippen LogP contribution in [0.15, 0.2) is 53.1 Å². The van der Waals surface area contributed by atoms with Gasteiger partial charge in [0.15, 0.2) is 5.76 Å². The molecule has 1 aromatic heterocycles. The number of hydrogen-bond donors (Lipinski definition) is 1. The maximum Gasteiger partial charge on any atom is 0.238 e. The fourth-order valence-electron chi connectivity index (χ4n) is 2.44. The van der Waals surface area contributed by atoms with E-state index in [9.17, 15) is 9.18 Å². The van der Waals surface area contributed by atoms with Gasteiger partial charge in [0.1, 0.15) is 5.82 Å². The third-order valence-electron chi connectivity index (χ3n) is 3.70. The second-order valence-electron chi connectivity index (χ2n) is 5.97. The van der Waals surface area contributed by atoms with E-state index in [1.165, 1.54) is 12.1 Å². The molecular formula is C19H16Cl2FN3O2. The third-order valence-corrected chi connectivity index (χ3v) is 4.44. The number of aromatic nitrogens is 1. The fourth-order valence-corrected chi connectivity index (χ4v) is 2.74. The number of amides is 1. The molecule has 0 saturated carbocycles. The average Bonchev–Trinajstić information content (AvgIpc) is 3.07. The summed E-state index contributed by atoms with van der Waals surface area (Å²) in [7, 11) is 1.77. The average molecular weight is 408 g/mol. The number of benzene rings is 2. The minimum atomic E-state index is -0.314. The molecule has 1 N–H and O–H groups in total. The Hall–Kier alpha value is -2.41. The molecule has 5 nitrogen and oxygen atoms in total. The Morgan fingerprint density at radius 1 is 1.19 bits per heavy atom. The van der Waals surface area contributed by atoms with Gasteiger partial charge in [0.25, 0.3) is 0 Å². The van der Waals surface area contributed by atoms with Crippen molar-refractivity contribution < 1.29 is 13.6 Å². The van der Waals surface area contributed by atoms with Crippen molar-refractivity contribution in [2.45, 2.75) is 6.54 Å². The van der Waals surface area contributed by atoms with Gasteiger partial charge < -0.3 is 9.73 Å². The number of halogens is 3. The molecule has 3 rings (SSSR count). The molecule has 0 radical (unpaired) electrons. The van der Waals surface area contributed by atoms with Crippen LogP contribution in [0, 0.1) is 5.82 Å². The summed E-state index contributed by atoms with van der Waals surface area (Å²) in [5.41, 5.74) is 1.30. The molecule has 27 heavy (non-hydrogen) atoms. The van der Waals surface area contributed by atoms with Crippen LogP contribution in [0.5, 0.6) is 0 Å². The smallest absolute Gasteiger partial charge is 0.238 e. The van der Waals surface area contributed by atoms with Crippen LogP contribution < -0.4 is 5.32 Å². The van der Waals surface area contributed by atoms with E-state index in [2.05, 4.69) is 10.3 Å². The molecule has 0 bridgehead atoms. The van der Waals surface area contributed by atoms with Crippen molar-refractivity contribution in [1.29, 1.82) is 0 Å². The molecule has 1 amide bonds. The predicted molar refractivity (Wildman–Crippen MR) is 103 cm³/mol. The largest absolute Gasteiger partial charge is 0.439 e. The minimum absolute atomic E-state index is 0.133. The van der Waals surface area contributed by atoms with Gasteiger partial charge in [0.05, 0.1) is 29.3 Å². The van der Waals surface area contributed by atoms with Crippen molar-refractivity contribution >= 4 is 34.8 Å². The molecular weight excluding hydrogens is 392 g/mol. The van der Waals surface area contributed by atoms with E-state index in [1.54, 1.807) is 48.5 Å². The van der Waals surface area contributed by atoms with Crippen LogP contribution in [0.1, 0.15) is 5.89 Å². The molecule has 0 aliphatic heterocycles. The zero-order valence-electron chi connectivity index (χ0n) is 14.4. The molecule has 2 aromatic carbocycles. The molecule has 0 unspecified atom stereocenters. The summed E-state index contributed by atoms with van der Waals surface area (Å²) in [6.45, 7) is 0.477. The van der Waals surface area contributed by atoms with E-state index in [0.29, 0.717) is 33.9 Å². The van der Waals surface area contributed by atoms with Crippen molar-refractivity contribution in [2.24, 2.45) is 0 Å². The van der Waals surface area contributed by atoms with Crippen LogP contribution in [0.4, 0.5) is 10.1 Å². The first-order chi connectivity index (χ1) is 12.9. The summed E-state index contributed by atoms with van der Waals surface area (Å²) in [6, 6.07) is 10.8. The number of likely N-dealkylation sites (N-methyl/N-ethyl adjacent to an activating group) is 1. The van der Waals surface area contributed by atoms with E-state index in [-0.39, 0.29) is 18.3 Å². The molecule has 8 heteroatoms. The lowest BCUT2D eigenvalue weighted by Gasteiger charge is -2.14. The number of anilines is 1. The number of nitrogens with one attached hydrogen (secondary N) is 1. The highest BCUT2D eigenvalue weighted by Gasteiger charge is 2.12. The first kappa shape index (κ1) is 19.4. The Labute approximate surface area is 165 Å². The lowest BCUT2D eigenvalue weighted by atomic mass is 10.2. The monoisotopic (exact) mass is 407 g/mol. The van der Waals surface area contributed by atoms with Gasteiger partial charge in [-0.2, -0.15) is 0 Å².